The van der Waals surface area contributed by atoms with Crippen LogP contribution in [-0.4, -0.2) is 30.9 Å². The van der Waals surface area contributed by atoms with E-state index in [0.29, 0.717) is 20.6 Å². The lowest BCUT2D eigenvalue weighted by molar-refractivity contribution is -0.146. The van der Waals surface area contributed by atoms with Gasteiger partial charge in [-0.25, -0.2) is 0 Å². The lowest BCUT2D eigenvalue weighted by Crippen LogP contribution is -2.31. The summed E-state index contributed by atoms with van der Waals surface area (Å²) in [4.78, 5) is 36.7. The number of carbonyl (C=O) groups is 3. The molecule has 9 heteroatoms. The molecule has 2 rings (SSSR count). The molecule has 0 unspecified atom stereocenters. The van der Waals surface area contributed by atoms with E-state index in [1.165, 1.54) is 23.5 Å². The second-order valence-corrected chi connectivity index (χ2v) is 7.06. The fraction of sp³-hybridized carbons (Fsp3) is 0.188. The van der Waals surface area contributed by atoms with Crippen molar-refractivity contribution in [3.63, 3.8) is 0 Å². The molecule has 2 aromatic rings. The smallest absolute Gasteiger partial charge is 0.325 e. The molecule has 0 saturated heterocycles. The largest absolute Gasteiger partial charge is 0.454 e. The van der Waals surface area contributed by atoms with E-state index in [-0.39, 0.29) is 12.5 Å². The predicted molar refractivity (Wildman–Crippen MR) is 97.4 cm³/mol. The quantitative estimate of drug-likeness (QED) is 0.728. The molecule has 1 heterocycles. The summed E-state index contributed by atoms with van der Waals surface area (Å²) < 4.78 is 4.80. The molecule has 0 aliphatic rings. The molecular weight excluding hydrogens is 387 g/mol. The number of hydrogen-bond acceptors (Lipinski definition) is 5. The van der Waals surface area contributed by atoms with Gasteiger partial charge in [0.05, 0.1) is 15.6 Å². The Kier molecular flexibility index (Phi) is 6.81. The number of rotatable bonds is 6. The first-order valence-electron chi connectivity index (χ1n) is 7.10. The van der Waals surface area contributed by atoms with E-state index < -0.39 is 18.5 Å². The lowest BCUT2D eigenvalue weighted by Gasteiger charge is -2.08. The van der Waals surface area contributed by atoms with E-state index in [0.717, 1.165) is 4.88 Å². The minimum atomic E-state index is -0.728. The highest BCUT2D eigenvalue weighted by Gasteiger charge is 2.13. The molecule has 0 aliphatic carbocycles. The Balaban J connectivity index is 1.75. The summed E-state index contributed by atoms with van der Waals surface area (Å²) in [6.45, 7) is 1.04. The number of aryl methyl sites for hydroxylation is 1. The third-order valence-corrected chi connectivity index (χ3v) is 4.49. The first-order valence-corrected chi connectivity index (χ1v) is 8.67. The van der Waals surface area contributed by atoms with Gasteiger partial charge in [0.1, 0.15) is 6.54 Å². The fourth-order valence-corrected chi connectivity index (χ4v) is 2.89. The fourth-order valence-electron chi connectivity index (χ4n) is 1.77. The average Bonchev–Trinajstić information content (AvgIpc) is 3.00. The van der Waals surface area contributed by atoms with Crippen LogP contribution in [0.4, 0.5) is 5.69 Å². The summed E-state index contributed by atoms with van der Waals surface area (Å²) in [6, 6.07) is 8.07. The molecule has 6 nitrogen and oxygen atoms in total. The van der Waals surface area contributed by atoms with Crippen LogP contribution in [0.15, 0.2) is 30.3 Å². The van der Waals surface area contributed by atoms with Crippen molar-refractivity contribution in [3.05, 3.63) is 50.1 Å². The maximum absolute atomic E-state index is 11.8. The SMILES string of the molecule is Cc1ccc(C(=O)NCC(=O)OCC(=O)Nc2cc(Cl)ccc2Cl)s1. The van der Waals surface area contributed by atoms with Crippen molar-refractivity contribution in [3.8, 4) is 0 Å². The Hall–Kier alpha value is -2.09. The summed E-state index contributed by atoms with van der Waals surface area (Å²) in [5, 5.41) is 5.62. The van der Waals surface area contributed by atoms with Crippen molar-refractivity contribution >= 4 is 58.0 Å². The molecule has 1 aromatic carbocycles. The van der Waals surface area contributed by atoms with Crippen LogP contribution in [0.2, 0.25) is 10.0 Å². The van der Waals surface area contributed by atoms with Gasteiger partial charge in [-0.2, -0.15) is 0 Å². The molecule has 0 aliphatic heterocycles. The van der Waals surface area contributed by atoms with Crippen molar-refractivity contribution in [2.45, 2.75) is 6.92 Å². The number of nitrogens with one attached hydrogen (secondary N) is 2. The Morgan fingerprint density at radius 3 is 2.60 bits per heavy atom. The van der Waals surface area contributed by atoms with Crippen LogP contribution in [0.25, 0.3) is 0 Å². The number of ether oxygens (including phenoxy) is 1. The van der Waals surface area contributed by atoms with Gasteiger partial charge in [-0.15, -0.1) is 11.3 Å². The Labute approximate surface area is 158 Å². The predicted octanol–water partition coefficient (Wildman–Crippen LogP) is 3.28. The Bertz CT molecular complexity index is 807. The van der Waals surface area contributed by atoms with E-state index in [2.05, 4.69) is 10.6 Å². The van der Waals surface area contributed by atoms with Gasteiger partial charge in [-0.05, 0) is 37.3 Å². The molecule has 132 valence electrons. The first-order chi connectivity index (χ1) is 11.8. The number of amides is 2. The zero-order valence-corrected chi connectivity index (χ0v) is 15.4. The standard InChI is InChI=1S/C16H14Cl2N2O4S/c1-9-2-5-13(25-9)16(23)19-7-15(22)24-8-14(21)20-12-6-10(17)3-4-11(12)18/h2-6H,7-8H2,1H3,(H,19,23)(H,20,21). The molecule has 0 bridgehead atoms. The third-order valence-electron chi connectivity index (χ3n) is 2.92. The van der Waals surface area contributed by atoms with Crippen molar-refractivity contribution < 1.29 is 19.1 Å². The molecule has 2 N–H and O–H groups in total. The summed E-state index contributed by atoms with van der Waals surface area (Å²) in [7, 11) is 0. The van der Waals surface area contributed by atoms with Crippen molar-refractivity contribution in [1.82, 2.24) is 5.32 Å². The summed E-state index contributed by atoms with van der Waals surface area (Å²) in [6.07, 6.45) is 0. The molecule has 2 amide bonds. The number of anilines is 1. The van der Waals surface area contributed by atoms with Crippen molar-refractivity contribution in [2.24, 2.45) is 0 Å². The Morgan fingerprint density at radius 2 is 1.92 bits per heavy atom. The van der Waals surface area contributed by atoms with Gasteiger partial charge >= 0.3 is 5.97 Å². The van der Waals surface area contributed by atoms with E-state index >= 15 is 0 Å². The van der Waals surface area contributed by atoms with Crippen LogP contribution < -0.4 is 10.6 Å². The first kappa shape index (κ1) is 19.2. The normalized spacial score (nSPS) is 10.2. The minimum Gasteiger partial charge on any atom is -0.454 e. The van der Waals surface area contributed by atoms with Gasteiger partial charge in [0.25, 0.3) is 11.8 Å². The van der Waals surface area contributed by atoms with Gasteiger partial charge in [0, 0.05) is 9.90 Å². The highest BCUT2D eigenvalue weighted by Crippen LogP contribution is 2.25. The Morgan fingerprint density at radius 1 is 1.16 bits per heavy atom. The zero-order valence-electron chi connectivity index (χ0n) is 13.1. The second-order valence-electron chi connectivity index (χ2n) is 4.93. The van der Waals surface area contributed by atoms with Crippen LogP contribution in [0.5, 0.6) is 0 Å². The molecule has 0 radical (unpaired) electrons. The lowest BCUT2D eigenvalue weighted by atomic mass is 10.3. The highest BCUT2D eigenvalue weighted by molar-refractivity contribution is 7.13. The van der Waals surface area contributed by atoms with E-state index in [1.54, 1.807) is 12.1 Å². The van der Waals surface area contributed by atoms with Crippen LogP contribution >= 0.6 is 34.5 Å². The number of benzene rings is 1. The molecule has 0 saturated carbocycles. The van der Waals surface area contributed by atoms with Gasteiger partial charge in [0.15, 0.2) is 6.61 Å². The molecular formula is C16H14Cl2N2O4S. The molecule has 25 heavy (non-hydrogen) atoms. The summed E-state index contributed by atoms with van der Waals surface area (Å²) in [5.41, 5.74) is 0.316. The topological polar surface area (TPSA) is 84.5 Å². The molecule has 1 aromatic heterocycles. The van der Waals surface area contributed by atoms with Crippen LogP contribution in [0.3, 0.4) is 0 Å². The number of hydrogen-bond donors (Lipinski definition) is 2. The molecule has 0 spiro atoms. The number of esters is 1. The molecule has 0 fully saturated rings. The van der Waals surface area contributed by atoms with E-state index in [4.69, 9.17) is 27.9 Å². The average molecular weight is 401 g/mol. The van der Waals surface area contributed by atoms with E-state index in [1.807, 2.05) is 13.0 Å². The van der Waals surface area contributed by atoms with Gasteiger partial charge in [-0.1, -0.05) is 23.2 Å². The van der Waals surface area contributed by atoms with Gasteiger partial charge in [0.2, 0.25) is 0 Å². The van der Waals surface area contributed by atoms with E-state index in [9.17, 15) is 14.4 Å². The monoisotopic (exact) mass is 400 g/mol. The number of thiophene rings is 1. The zero-order chi connectivity index (χ0) is 18.4. The maximum atomic E-state index is 11.8. The second kappa shape index (κ2) is 8.84. The number of carbonyl (C=O) groups excluding carboxylic acids is 3. The van der Waals surface area contributed by atoms with Gasteiger partial charge in [-0.3, -0.25) is 14.4 Å². The molecule has 0 atom stereocenters. The number of halogens is 2. The summed E-state index contributed by atoms with van der Waals surface area (Å²) >= 11 is 13.1. The van der Waals surface area contributed by atoms with Crippen LogP contribution in [0.1, 0.15) is 14.5 Å². The van der Waals surface area contributed by atoms with Crippen molar-refractivity contribution in [1.29, 1.82) is 0 Å². The van der Waals surface area contributed by atoms with Gasteiger partial charge < -0.3 is 15.4 Å². The minimum absolute atomic E-state index is 0.308. The van der Waals surface area contributed by atoms with Crippen LogP contribution in [-0.2, 0) is 14.3 Å². The maximum Gasteiger partial charge on any atom is 0.325 e. The third kappa shape index (κ3) is 6.04. The van der Waals surface area contributed by atoms with Crippen molar-refractivity contribution in [2.75, 3.05) is 18.5 Å². The highest BCUT2D eigenvalue weighted by atomic mass is 35.5. The van der Waals surface area contributed by atoms with Crippen LogP contribution in [0, 0.1) is 6.92 Å². The summed E-state index contributed by atoms with van der Waals surface area (Å²) in [5.74, 6) is -1.67.